The van der Waals surface area contributed by atoms with Gasteiger partial charge in [0.15, 0.2) is 0 Å². The second-order valence-electron chi connectivity index (χ2n) is 7.49. The molecule has 34 heavy (non-hydrogen) atoms. The number of likely N-dealkylation sites (tertiary alicyclic amines) is 1. The lowest BCUT2D eigenvalue weighted by Gasteiger charge is -2.36. The summed E-state index contributed by atoms with van der Waals surface area (Å²) >= 11 is 0. The molecule has 1 fully saturated rings. The molecule has 1 aliphatic rings. The molecule has 1 aromatic rings. The van der Waals surface area contributed by atoms with E-state index in [1.54, 1.807) is 14.0 Å². The van der Waals surface area contributed by atoms with Gasteiger partial charge in [-0.15, -0.1) is 0 Å². The Bertz CT molecular complexity index is 801. The van der Waals surface area contributed by atoms with E-state index in [9.17, 15) is 14.7 Å². The van der Waals surface area contributed by atoms with Crippen LogP contribution >= 0.6 is 0 Å². The highest BCUT2D eigenvalue weighted by Gasteiger charge is 2.26. The van der Waals surface area contributed by atoms with E-state index in [-0.39, 0.29) is 5.91 Å². The van der Waals surface area contributed by atoms with Crippen molar-refractivity contribution in [3.8, 4) is 0 Å². The molecule has 1 aromatic carbocycles. The van der Waals surface area contributed by atoms with Crippen molar-refractivity contribution in [2.24, 2.45) is 5.92 Å². The van der Waals surface area contributed by atoms with E-state index in [2.05, 4.69) is 28.5 Å². The van der Waals surface area contributed by atoms with E-state index >= 15 is 0 Å². The van der Waals surface area contributed by atoms with Crippen LogP contribution in [0.4, 0.5) is 0 Å². The van der Waals surface area contributed by atoms with Gasteiger partial charge in [0.2, 0.25) is 6.41 Å². The number of nitrogens with zero attached hydrogens (tertiary/aromatic N) is 1. The Kier molecular flexibility index (Phi) is 16.8. The number of hydrogen-bond acceptors (Lipinski definition) is 4. The lowest BCUT2D eigenvalue weighted by molar-refractivity contribution is -0.117. The molecule has 1 heterocycles. The Morgan fingerprint density at radius 2 is 1.71 bits per heavy atom. The SMILES string of the molecule is CC.CC.CC/C=C(\C=C(/C)O)C1CCN(/C(NC=O)=C(\Cc2ccccc2)C(=O)NC)CC1. The van der Waals surface area contributed by atoms with Crippen molar-refractivity contribution in [3.63, 3.8) is 0 Å². The molecule has 1 aliphatic heterocycles. The van der Waals surface area contributed by atoms with Gasteiger partial charge in [0.25, 0.3) is 5.91 Å². The van der Waals surface area contributed by atoms with Crippen LogP contribution in [-0.2, 0) is 16.0 Å². The van der Waals surface area contributed by atoms with Gasteiger partial charge in [-0.2, -0.15) is 0 Å². The van der Waals surface area contributed by atoms with E-state index in [0.29, 0.717) is 35.9 Å². The third-order valence-corrected chi connectivity index (χ3v) is 5.30. The fourth-order valence-electron chi connectivity index (χ4n) is 3.90. The molecule has 0 unspecified atom stereocenters. The van der Waals surface area contributed by atoms with Crippen LogP contribution in [0.2, 0.25) is 0 Å². The van der Waals surface area contributed by atoms with Crippen LogP contribution in [0, 0.1) is 5.92 Å². The van der Waals surface area contributed by atoms with Crippen LogP contribution in [0.1, 0.15) is 66.4 Å². The smallest absolute Gasteiger partial charge is 0.250 e. The van der Waals surface area contributed by atoms with Crippen molar-refractivity contribution < 1.29 is 14.7 Å². The summed E-state index contributed by atoms with van der Waals surface area (Å²) in [5, 5.41) is 15.2. The quantitative estimate of drug-likeness (QED) is 0.192. The number of aliphatic hydroxyl groups excluding tert-OH is 1. The highest BCUT2D eigenvalue weighted by Crippen LogP contribution is 2.29. The van der Waals surface area contributed by atoms with Gasteiger partial charge in [-0.1, -0.05) is 71.0 Å². The number of benzene rings is 1. The number of rotatable bonds is 9. The Hall–Kier alpha value is -3.02. The van der Waals surface area contributed by atoms with Gasteiger partial charge in [-0.3, -0.25) is 9.59 Å². The van der Waals surface area contributed by atoms with Crippen LogP contribution in [0.15, 0.2) is 65.2 Å². The van der Waals surface area contributed by atoms with Gasteiger partial charge in [0.05, 0.1) is 11.3 Å². The van der Waals surface area contributed by atoms with E-state index in [1.165, 1.54) is 0 Å². The summed E-state index contributed by atoms with van der Waals surface area (Å²) in [5.41, 5.74) is 2.71. The third-order valence-electron chi connectivity index (χ3n) is 5.30. The maximum atomic E-state index is 12.7. The fourth-order valence-corrected chi connectivity index (χ4v) is 3.90. The number of hydrogen-bond donors (Lipinski definition) is 3. The highest BCUT2D eigenvalue weighted by molar-refractivity contribution is 5.94. The van der Waals surface area contributed by atoms with Gasteiger partial charge in [0, 0.05) is 26.6 Å². The normalized spacial score (nSPS) is 15.1. The zero-order valence-corrected chi connectivity index (χ0v) is 22.1. The molecular formula is C28H45N3O3. The first kappa shape index (κ1) is 31.0. The van der Waals surface area contributed by atoms with Crippen molar-refractivity contribution in [2.75, 3.05) is 20.1 Å². The predicted octanol–water partition coefficient (Wildman–Crippen LogP) is 5.50. The number of likely N-dealkylation sites (N-methyl/N-ethyl adjacent to an activating group) is 1. The van der Waals surface area contributed by atoms with Crippen LogP contribution in [-0.4, -0.2) is 42.5 Å². The molecule has 0 aromatic heterocycles. The van der Waals surface area contributed by atoms with Crippen LogP contribution < -0.4 is 10.6 Å². The molecule has 0 radical (unpaired) electrons. The number of nitrogens with one attached hydrogen (secondary N) is 2. The number of carbonyl (C=O) groups is 2. The molecule has 6 nitrogen and oxygen atoms in total. The largest absolute Gasteiger partial charge is 0.513 e. The maximum Gasteiger partial charge on any atom is 0.250 e. The summed E-state index contributed by atoms with van der Waals surface area (Å²) in [4.78, 5) is 26.1. The molecular weight excluding hydrogens is 426 g/mol. The summed E-state index contributed by atoms with van der Waals surface area (Å²) in [5.74, 6) is 1.03. The van der Waals surface area contributed by atoms with Crippen LogP contribution in [0.5, 0.6) is 0 Å². The lowest BCUT2D eigenvalue weighted by Crippen LogP contribution is -2.41. The first-order valence-electron chi connectivity index (χ1n) is 12.5. The summed E-state index contributed by atoms with van der Waals surface area (Å²) in [6.07, 6.45) is 7.74. The summed E-state index contributed by atoms with van der Waals surface area (Å²) in [7, 11) is 1.60. The molecule has 0 spiro atoms. The molecule has 2 rings (SSSR count). The molecule has 190 valence electrons. The number of allylic oxidation sites excluding steroid dienone is 4. The zero-order valence-electron chi connectivity index (χ0n) is 22.1. The Labute approximate surface area is 206 Å². The average molecular weight is 472 g/mol. The van der Waals surface area contributed by atoms with Crippen molar-refractivity contribution >= 4 is 12.3 Å². The molecule has 3 N–H and O–H groups in total. The van der Waals surface area contributed by atoms with Gasteiger partial charge in [-0.05, 0) is 49.3 Å². The molecule has 0 atom stereocenters. The van der Waals surface area contributed by atoms with Gasteiger partial charge < -0.3 is 20.6 Å². The van der Waals surface area contributed by atoms with E-state index in [0.717, 1.165) is 43.5 Å². The fraction of sp³-hybridized carbons (Fsp3) is 0.500. The molecule has 0 bridgehead atoms. The minimum Gasteiger partial charge on any atom is -0.513 e. The summed E-state index contributed by atoms with van der Waals surface area (Å²) in [6.45, 7) is 13.2. The van der Waals surface area contributed by atoms with Crippen molar-refractivity contribution in [1.82, 2.24) is 15.5 Å². The van der Waals surface area contributed by atoms with Crippen molar-refractivity contribution in [1.29, 1.82) is 0 Å². The minimum absolute atomic E-state index is 0.198. The number of amides is 2. The standard InChI is InChI=1S/C24H33N3O3.2C2H6/c1-4-8-21(15-18(2)29)20-11-13-27(14-12-20)23(26-17-28)22(24(30)25-3)16-19-9-6-5-7-10-19;2*1-2/h5-10,15,17,20,29H,4,11-14,16H2,1-3H3,(H,25,30)(H,26,28);2*1-2H3/b18-15+,21-8+,23-22+;;. The Morgan fingerprint density at radius 1 is 1.12 bits per heavy atom. The lowest BCUT2D eigenvalue weighted by atomic mass is 9.87. The predicted molar refractivity (Wildman–Crippen MR) is 142 cm³/mol. The number of aliphatic hydroxyl groups is 1. The summed E-state index contributed by atoms with van der Waals surface area (Å²) < 4.78 is 0. The van der Waals surface area contributed by atoms with Crippen LogP contribution in [0.3, 0.4) is 0 Å². The minimum atomic E-state index is -0.198. The van der Waals surface area contributed by atoms with E-state index < -0.39 is 0 Å². The van der Waals surface area contributed by atoms with Gasteiger partial charge in [-0.25, -0.2) is 0 Å². The maximum absolute atomic E-state index is 12.7. The second kappa shape index (κ2) is 18.4. The Balaban J connectivity index is 0.00000258. The molecule has 6 heteroatoms. The monoisotopic (exact) mass is 471 g/mol. The number of piperidine rings is 1. The van der Waals surface area contributed by atoms with Crippen molar-refractivity contribution in [2.45, 2.75) is 67.2 Å². The third kappa shape index (κ3) is 10.3. The van der Waals surface area contributed by atoms with Gasteiger partial charge >= 0.3 is 0 Å². The van der Waals surface area contributed by atoms with Crippen molar-refractivity contribution in [3.05, 3.63) is 70.8 Å². The molecule has 1 saturated heterocycles. The first-order valence-corrected chi connectivity index (χ1v) is 12.5. The molecule has 2 amide bonds. The first-order chi connectivity index (χ1) is 16.5. The average Bonchev–Trinajstić information content (AvgIpc) is 2.88. The van der Waals surface area contributed by atoms with E-state index in [4.69, 9.17) is 0 Å². The van der Waals surface area contributed by atoms with E-state index in [1.807, 2.05) is 64.1 Å². The Morgan fingerprint density at radius 3 is 2.18 bits per heavy atom. The topological polar surface area (TPSA) is 81.7 Å². The summed E-state index contributed by atoms with van der Waals surface area (Å²) in [6, 6.07) is 9.75. The number of carbonyl (C=O) groups excluding carboxylic acids is 2. The van der Waals surface area contributed by atoms with Gasteiger partial charge in [0.1, 0.15) is 5.82 Å². The molecule has 0 aliphatic carbocycles. The molecule has 0 saturated carbocycles. The highest BCUT2D eigenvalue weighted by atomic mass is 16.3. The van der Waals surface area contributed by atoms with Crippen LogP contribution in [0.25, 0.3) is 0 Å². The zero-order chi connectivity index (χ0) is 25.9. The second-order valence-corrected chi connectivity index (χ2v) is 7.49.